The average Bonchev–Trinajstić information content (AvgIpc) is 3.13. The van der Waals surface area contributed by atoms with Gasteiger partial charge in [0.1, 0.15) is 0 Å². The number of hydrogen-bond acceptors (Lipinski definition) is 5. The SMILES string of the molecule is COc1cc2c(cc1OC)-c1[nH]nc(Nc3cccc(N)c3)c1C2. The van der Waals surface area contributed by atoms with E-state index in [9.17, 15) is 0 Å². The third kappa shape index (κ3) is 2.23. The van der Waals surface area contributed by atoms with Crippen LogP contribution in [-0.2, 0) is 6.42 Å². The van der Waals surface area contributed by atoms with Crippen molar-refractivity contribution >= 4 is 17.2 Å². The van der Waals surface area contributed by atoms with Crippen LogP contribution in [0.1, 0.15) is 11.1 Å². The van der Waals surface area contributed by atoms with Crippen molar-refractivity contribution in [1.82, 2.24) is 10.2 Å². The molecular formula is C18H18N4O2. The van der Waals surface area contributed by atoms with Crippen LogP contribution in [0, 0.1) is 0 Å². The molecule has 4 rings (SSSR count). The molecule has 0 spiro atoms. The summed E-state index contributed by atoms with van der Waals surface area (Å²) in [6.07, 6.45) is 0.784. The maximum atomic E-state index is 5.84. The van der Waals surface area contributed by atoms with Gasteiger partial charge in [0, 0.05) is 28.9 Å². The first-order valence-electron chi connectivity index (χ1n) is 7.64. The Morgan fingerprint density at radius 3 is 2.67 bits per heavy atom. The average molecular weight is 322 g/mol. The molecule has 24 heavy (non-hydrogen) atoms. The van der Waals surface area contributed by atoms with E-state index in [1.165, 1.54) is 5.56 Å². The zero-order valence-corrected chi connectivity index (χ0v) is 13.5. The fourth-order valence-corrected chi connectivity index (χ4v) is 3.11. The number of hydrogen-bond donors (Lipinski definition) is 3. The lowest BCUT2D eigenvalue weighted by Gasteiger charge is -2.10. The number of rotatable bonds is 4. The predicted molar refractivity (Wildman–Crippen MR) is 94.1 cm³/mol. The smallest absolute Gasteiger partial charge is 0.161 e. The van der Waals surface area contributed by atoms with E-state index in [1.54, 1.807) is 14.2 Å². The molecule has 0 atom stereocenters. The van der Waals surface area contributed by atoms with Crippen molar-refractivity contribution in [3.63, 3.8) is 0 Å². The van der Waals surface area contributed by atoms with Gasteiger partial charge in [0.25, 0.3) is 0 Å². The molecule has 0 saturated carbocycles. The fourth-order valence-electron chi connectivity index (χ4n) is 3.11. The van der Waals surface area contributed by atoms with Gasteiger partial charge in [0.2, 0.25) is 0 Å². The van der Waals surface area contributed by atoms with Crippen LogP contribution in [0.4, 0.5) is 17.2 Å². The second-order valence-electron chi connectivity index (χ2n) is 5.72. The summed E-state index contributed by atoms with van der Waals surface area (Å²) in [4.78, 5) is 0. The van der Waals surface area contributed by atoms with E-state index in [0.717, 1.165) is 40.5 Å². The highest BCUT2D eigenvalue weighted by Gasteiger charge is 2.26. The number of nitrogens with one attached hydrogen (secondary N) is 2. The number of anilines is 3. The largest absolute Gasteiger partial charge is 0.493 e. The number of aromatic nitrogens is 2. The number of fused-ring (bicyclic) bond motifs is 3. The summed E-state index contributed by atoms with van der Waals surface area (Å²) < 4.78 is 10.8. The van der Waals surface area contributed by atoms with Crippen molar-refractivity contribution in [3.05, 3.63) is 47.5 Å². The predicted octanol–water partition coefficient (Wildman–Crippen LogP) is 3.32. The normalized spacial score (nSPS) is 11.8. The van der Waals surface area contributed by atoms with Crippen molar-refractivity contribution in [2.75, 3.05) is 25.3 Å². The Balaban J connectivity index is 1.71. The van der Waals surface area contributed by atoms with E-state index in [-0.39, 0.29) is 0 Å². The summed E-state index contributed by atoms with van der Waals surface area (Å²) in [6.45, 7) is 0. The third-order valence-electron chi connectivity index (χ3n) is 4.26. The molecule has 4 N–H and O–H groups in total. The van der Waals surface area contributed by atoms with Crippen molar-refractivity contribution in [3.8, 4) is 22.8 Å². The van der Waals surface area contributed by atoms with Crippen LogP contribution in [0.25, 0.3) is 11.3 Å². The lowest BCUT2D eigenvalue weighted by atomic mass is 10.1. The van der Waals surface area contributed by atoms with E-state index >= 15 is 0 Å². The summed E-state index contributed by atoms with van der Waals surface area (Å²) in [5.74, 6) is 2.26. The van der Waals surface area contributed by atoms with Crippen LogP contribution in [0.2, 0.25) is 0 Å². The van der Waals surface area contributed by atoms with Gasteiger partial charge in [-0.3, -0.25) is 5.10 Å². The minimum Gasteiger partial charge on any atom is -0.493 e. The first-order chi connectivity index (χ1) is 11.7. The minimum atomic E-state index is 0.712. The first-order valence-corrected chi connectivity index (χ1v) is 7.64. The van der Waals surface area contributed by atoms with Gasteiger partial charge in [0.05, 0.1) is 19.9 Å². The molecule has 0 aliphatic heterocycles. The van der Waals surface area contributed by atoms with E-state index < -0.39 is 0 Å². The molecule has 2 aromatic carbocycles. The van der Waals surface area contributed by atoms with Crippen molar-refractivity contribution in [1.29, 1.82) is 0 Å². The monoisotopic (exact) mass is 322 g/mol. The highest BCUT2D eigenvalue weighted by molar-refractivity contribution is 5.81. The number of ether oxygens (including phenoxy) is 2. The van der Waals surface area contributed by atoms with Crippen LogP contribution in [0.15, 0.2) is 36.4 Å². The molecule has 0 fully saturated rings. The molecule has 6 heteroatoms. The van der Waals surface area contributed by atoms with Crippen LogP contribution in [0.3, 0.4) is 0 Å². The van der Waals surface area contributed by atoms with Gasteiger partial charge in [-0.25, -0.2) is 0 Å². The van der Waals surface area contributed by atoms with E-state index in [2.05, 4.69) is 15.5 Å². The van der Waals surface area contributed by atoms with E-state index in [0.29, 0.717) is 11.4 Å². The van der Waals surface area contributed by atoms with Crippen molar-refractivity contribution < 1.29 is 9.47 Å². The molecule has 122 valence electrons. The Morgan fingerprint density at radius 2 is 1.92 bits per heavy atom. The lowest BCUT2D eigenvalue weighted by molar-refractivity contribution is 0.355. The molecule has 0 amide bonds. The number of H-pyrrole nitrogens is 1. The maximum absolute atomic E-state index is 5.84. The summed E-state index contributed by atoms with van der Waals surface area (Å²) in [5.41, 5.74) is 11.9. The summed E-state index contributed by atoms with van der Waals surface area (Å²) in [6, 6.07) is 11.6. The highest BCUT2D eigenvalue weighted by Crippen LogP contribution is 2.44. The van der Waals surface area contributed by atoms with Gasteiger partial charge in [-0.15, -0.1) is 0 Å². The number of nitrogens with two attached hydrogens (primary N) is 1. The molecule has 0 unspecified atom stereocenters. The molecule has 0 saturated heterocycles. The third-order valence-corrected chi connectivity index (χ3v) is 4.26. The molecule has 3 aromatic rings. The highest BCUT2D eigenvalue weighted by atomic mass is 16.5. The van der Waals surface area contributed by atoms with Crippen LogP contribution in [0.5, 0.6) is 11.5 Å². The Kier molecular flexibility index (Phi) is 3.30. The van der Waals surface area contributed by atoms with Crippen molar-refractivity contribution in [2.45, 2.75) is 6.42 Å². The second-order valence-corrected chi connectivity index (χ2v) is 5.72. The molecule has 0 radical (unpaired) electrons. The van der Waals surface area contributed by atoms with Crippen LogP contribution < -0.4 is 20.5 Å². The van der Waals surface area contributed by atoms with E-state index in [4.69, 9.17) is 15.2 Å². The number of nitrogens with zero attached hydrogens (tertiary/aromatic N) is 1. The lowest BCUT2D eigenvalue weighted by Crippen LogP contribution is -1.96. The number of benzene rings is 2. The second kappa shape index (κ2) is 5.49. The zero-order valence-electron chi connectivity index (χ0n) is 13.5. The fraction of sp³-hybridized carbons (Fsp3) is 0.167. The van der Waals surface area contributed by atoms with Crippen LogP contribution in [-0.4, -0.2) is 24.4 Å². The number of nitrogen functional groups attached to an aromatic ring is 1. The Labute approximate surface area is 139 Å². The Hall–Kier alpha value is -3.15. The van der Waals surface area contributed by atoms with Crippen LogP contribution >= 0.6 is 0 Å². The van der Waals surface area contributed by atoms with Gasteiger partial charge in [-0.1, -0.05) is 6.07 Å². The van der Waals surface area contributed by atoms with Gasteiger partial charge in [-0.2, -0.15) is 5.10 Å². The molecule has 6 nitrogen and oxygen atoms in total. The molecule has 1 aliphatic rings. The van der Waals surface area contributed by atoms with E-state index in [1.807, 2.05) is 36.4 Å². The Bertz CT molecular complexity index is 917. The van der Waals surface area contributed by atoms with Gasteiger partial charge < -0.3 is 20.5 Å². The molecule has 1 aliphatic carbocycles. The standard InChI is InChI=1S/C18H18N4O2/c1-23-15-7-10-6-14-17(13(10)9-16(15)24-2)21-22-18(14)20-12-5-3-4-11(19)8-12/h3-5,7-9H,6,19H2,1-2H3,(H2,20,21,22). The topological polar surface area (TPSA) is 85.2 Å². The number of methoxy groups -OCH3 is 2. The molecule has 0 bridgehead atoms. The van der Waals surface area contributed by atoms with Gasteiger partial charge >= 0.3 is 0 Å². The van der Waals surface area contributed by atoms with Gasteiger partial charge in [0.15, 0.2) is 17.3 Å². The number of aromatic amines is 1. The summed E-state index contributed by atoms with van der Waals surface area (Å²) in [5, 5.41) is 10.9. The summed E-state index contributed by atoms with van der Waals surface area (Å²) in [7, 11) is 3.28. The molecule has 1 heterocycles. The molecule has 1 aromatic heterocycles. The van der Waals surface area contributed by atoms with Crippen molar-refractivity contribution in [2.24, 2.45) is 0 Å². The minimum absolute atomic E-state index is 0.712. The maximum Gasteiger partial charge on any atom is 0.161 e. The molecular weight excluding hydrogens is 304 g/mol. The van der Waals surface area contributed by atoms with Gasteiger partial charge in [-0.05, 0) is 35.9 Å². The Morgan fingerprint density at radius 1 is 1.12 bits per heavy atom. The first kappa shape index (κ1) is 14.4. The summed E-state index contributed by atoms with van der Waals surface area (Å²) >= 11 is 0. The quantitative estimate of drug-likeness (QED) is 0.502. The zero-order chi connectivity index (χ0) is 16.7.